The van der Waals surface area contributed by atoms with Crippen molar-refractivity contribution >= 4 is 5.82 Å². The second-order valence-electron chi connectivity index (χ2n) is 5.25. The summed E-state index contributed by atoms with van der Waals surface area (Å²) in [4.78, 5) is 11.7. The summed E-state index contributed by atoms with van der Waals surface area (Å²) in [7, 11) is 1.69. The van der Waals surface area contributed by atoms with Gasteiger partial charge in [0.1, 0.15) is 17.4 Å². The van der Waals surface area contributed by atoms with Crippen LogP contribution in [0.4, 0.5) is 14.6 Å². The van der Waals surface area contributed by atoms with E-state index in [1.54, 1.807) is 19.2 Å². The number of benzene rings is 1. The summed E-state index contributed by atoms with van der Waals surface area (Å²) in [5.41, 5.74) is 0.148. The van der Waals surface area contributed by atoms with E-state index in [-0.39, 0.29) is 22.4 Å². The molecular weight excluding hydrogens is 330 g/mol. The largest absolute Gasteiger partial charge is 0.507 e. The number of hydrogen-bond acceptors (Lipinski definition) is 5. The first kappa shape index (κ1) is 16.6. The third kappa shape index (κ3) is 3.18. The Morgan fingerprint density at radius 2 is 1.96 bits per heavy atom. The van der Waals surface area contributed by atoms with E-state index in [2.05, 4.69) is 15.5 Å². The molecule has 2 heterocycles. The van der Waals surface area contributed by atoms with Gasteiger partial charge in [-0.05, 0) is 35.9 Å². The second kappa shape index (κ2) is 6.68. The monoisotopic (exact) mass is 344 g/mol. The number of hydrogen-bond donors (Lipinski definition) is 2. The minimum absolute atomic E-state index is 0.0316. The predicted octanol–water partition coefficient (Wildman–Crippen LogP) is 2.79. The molecular formula is C17H14F2N4O2. The summed E-state index contributed by atoms with van der Waals surface area (Å²) in [6, 6.07) is 8.07. The number of nitrogens with one attached hydrogen (secondary N) is 1. The third-order valence-electron chi connectivity index (χ3n) is 3.72. The molecule has 0 bridgehead atoms. The van der Waals surface area contributed by atoms with Crippen molar-refractivity contribution in [2.24, 2.45) is 0 Å². The first-order valence-corrected chi connectivity index (χ1v) is 7.34. The molecule has 8 heteroatoms. The zero-order valence-corrected chi connectivity index (χ0v) is 13.2. The number of anilines is 1. The number of aromatic hydroxyl groups is 1. The molecule has 2 aromatic heterocycles. The maximum absolute atomic E-state index is 14.5. The van der Waals surface area contributed by atoms with E-state index in [4.69, 9.17) is 0 Å². The number of phenolic OH excluding ortho intramolecular Hbond substituents is 1. The SMILES string of the molecule is CNc1ccc(-c2cc(F)c(-c3ccn(CF)c(=O)c3)cc2O)nn1. The van der Waals surface area contributed by atoms with E-state index in [1.165, 1.54) is 18.3 Å². The van der Waals surface area contributed by atoms with Crippen molar-refractivity contribution in [1.82, 2.24) is 14.8 Å². The van der Waals surface area contributed by atoms with Crippen LogP contribution in [0.25, 0.3) is 22.4 Å². The molecule has 0 saturated heterocycles. The van der Waals surface area contributed by atoms with Gasteiger partial charge in [0.25, 0.3) is 5.56 Å². The summed E-state index contributed by atoms with van der Waals surface area (Å²) < 4.78 is 27.9. The van der Waals surface area contributed by atoms with Crippen LogP contribution in [-0.2, 0) is 6.80 Å². The van der Waals surface area contributed by atoms with Crippen molar-refractivity contribution in [3.8, 4) is 28.1 Å². The number of alkyl halides is 1. The lowest BCUT2D eigenvalue weighted by Gasteiger charge is -2.10. The molecule has 1 aromatic carbocycles. The van der Waals surface area contributed by atoms with E-state index in [1.807, 2.05) is 0 Å². The highest BCUT2D eigenvalue weighted by molar-refractivity contribution is 5.74. The Kier molecular flexibility index (Phi) is 4.42. The molecule has 0 fully saturated rings. The predicted molar refractivity (Wildman–Crippen MR) is 89.4 cm³/mol. The van der Waals surface area contributed by atoms with E-state index in [0.29, 0.717) is 11.5 Å². The van der Waals surface area contributed by atoms with Crippen molar-refractivity contribution in [3.63, 3.8) is 0 Å². The summed E-state index contributed by atoms with van der Waals surface area (Å²) in [5.74, 6) is -0.323. The van der Waals surface area contributed by atoms with Gasteiger partial charge in [0.15, 0.2) is 6.80 Å². The highest BCUT2D eigenvalue weighted by Crippen LogP contribution is 2.34. The smallest absolute Gasteiger partial charge is 0.253 e. The number of nitrogens with zero attached hydrogens (tertiary/aromatic N) is 3. The van der Waals surface area contributed by atoms with Gasteiger partial charge in [-0.25, -0.2) is 8.78 Å². The van der Waals surface area contributed by atoms with Gasteiger partial charge >= 0.3 is 0 Å². The minimum Gasteiger partial charge on any atom is -0.507 e. The van der Waals surface area contributed by atoms with E-state index < -0.39 is 18.2 Å². The van der Waals surface area contributed by atoms with Gasteiger partial charge in [0.05, 0.1) is 5.69 Å². The van der Waals surface area contributed by atoms with Crippen molar-refractivity contribution in [2.75, 3.05) is 12.4 Å². The molecule has 0 aliphatic heterocycles. The first-order chi connectivity index (χ1) is 12.0. The van der Waals surface area contributed by atoms with Crippen LogP contribution in [0.2, 0.25) is 0 Å². The van der Waals surface area contributed by atoms with Crippen LogP contribution >= 0.6 is 0 Å². The maximum Gasteiger partial charge on any atom is 0.253 e. The van der Waals surface area contributed by atoms with Gasteiger partial charge < -0.3 is 10.4 Å². The van der Waals surface area contributed by atoms with E-state index in [0.717, 1.165) is 16.7 Å². The van der Waals surface area contributed by atoms with Crippen molar-refractivity contribution < 1.29 is 13.9 Å². The van der Waals surface area contributed by atoms with Gasteiger partial charge in [0.2, 0.25) is 0 Å². The van der Waals surface area contributed by atoms with Crippen molar-refractivity contribution in [2.45, 2.75) is 6.80 Å². The highest BCUT2D eigenvalue weighted by Gasteiger charge is 2.14. The summed E-state index contributed by atoms with van der Waals surface area (Å²) in [5, 5.41) is 20.9. The van der Waals surface area contributed by atoms with E-state index in [9.17, 15) is 18.7 Å². The van der Waals surface area contributed by atoms with Gasteiger partial charge in [-0.2, -0.15) is 0 Å². The molecule has 3 rings (SSSR count). The first-order valence-electron chi connectivity index (χ1n) is 7.34. The fourth-order valence-corrected chi connectivity index (χ4v) is 2.37. The van der Waals surface area contributed by atoms with Gasteiger partial charge in [0, 0.05) is 30.4 Å². The molecule has 128 valence electrons. The molecule has 2 N–H and O–H groups in total. The molecule has 0 aliphatic carbocycles. The maximum atomic E-state index is 14.5. The fraction of sp³-hybridized carbons (Fsp3) is 0.118. The minimum atomic E-state index is -0.965. The Balaban J connectivity index is 2.05. The Morgan fingerprint density at radius 1 is 1.16 bits per heavy atom. The Bertz CT molecular complexity index is 971. The summed E-state index contributed by atoms with van der Waals surface area (Å²) in [6.45, 7) is -0.965. The molecule has 0 unspecified atom stereocenters. The lowest BCUT2D eigenvalue weighted by atomic mass is 10.0. The van der Waals surface area contributed by atoms with Crippen LogP contribution in [-0.4, -0.2) is 26.9 Å². The number of rotatable bonds is 4. The molecule has 25 heavy (non-hydrogen) atoms. The molecule has 6 nitrogen and oxygen atoms in total. The van der Waals surface area contributed by atoms with Crippen molar-refractivity contribution in [3.05, 3.63) is 58.8 Å². The lowest BCUT2D eigenvalue weighted by Crippen LogP contribution is -2.16. The van der Waals surface area contributed by atoms with Gasteiger partial charge in [-0.3, -0.25) is 9.36 Å². The van der Waals surface area contributed by atoms with Crippen LogP contribution in [0.5, 0.6) is 5.75 Å². The fourth-order valence-electron chi connectivity index (χ4n) is 2.37. The summed E-state index contributed by atoms with van der Waals surface area (Å²) >= 11 is 0. The molecule has 0 radical (unpaired) electrons. The van der Waals surface area contributed by atoms with Crippen LogP contribution in [0, 0.1) is 5.82 Å². The topological polar surface area (TPSA) is 80.0 Å². The number of aromatic nitrogens is 3. The third-order valence-corrected chi connectivity index (χ3v) is 3.72. The molecule has 0 atom stereocenters. The van der Waals surface area contributed by atoms with Crippen LogP contribution in [0.1, 0.15) is 0 Å². The zero-order chi connectivity index (χ0) is 18.0. The normalized spacial score (nSPS) is 10.7. The quantitative estimate of drug-likeness (QED) is 0.761. The average molecular weight is 344 g/mol. The van der Waals surface area contributed by atoms with Gasteiger partial charge in [-0.15, -0.1) is 10.2 Å². The Labute approximate surface area is 141 Å². The molecule has 0 amide bonds. The molecule has 0 spiro atoms. The molecule has 0 aliphatic rings. The molecule has 3 aromatic rings. The number of pyridine rings is 1. The zero-order valence-electron chi connectivity index (χ0n) is 13.2. The lowest BCUT2D eigenvalue weighted by molar-refractivity contribution is 0.369. The van der Waals surface area contributed by atoms with E-state index >= 15 is 0 Å². The Morgan fingerprint density at radius 3 is 2.56 bits per heavy atom. The van der Waals surface area contributed by atoms with Crippen LogP contribution < -0.4 is 10.9 Å². The van der Waals surface area contributed by atoms with Crippen molar-refractivity contribution in [1.29, 1.82) is 0 Å². The highest BCUT2D eigenvalue weighted by atomic mass is 19.1. The molecule has 0 saturated carbocycles. The standard InChI is InChI=1S/C17H14F2N4O2/c1-20-16-3-2-14(21-22-16)12-7-13(19)11(8-15(12)24)10-4-5-23(9-18)17(25)6-10/h2-8,24H,9H2,1H3,(H,20,22). The second-order valence-corrected chi connectivity index (χ2v) is 5.25. The van der Waals surface area contributed by atoms with Gasteiger partial charge in [-0.1, -0.05) is 0 Å². The summed E-state index contributed by atoms with van der Waals surface area (Å²) in [6.07, 6.45) is 1.23. The average Bonchev–Trinajstić information content (AvgIpc) is 2.63. The number of halogens is 2. The number of phenols is 1. The van der Waals surface area contributed by atoms with Crippen LogP contribution in [0.3, 0.4) is 0 Å². The Hall–Kier alpha value is -3.29. The van der Waals surface area contributed by atoms with Crippen LogP contribution in [0.15, 0.2) is 47.4 Å².